The van der Waals surface area contributed by atoms with Crippen molar-refractivity contribution in [2.45, 2.75) is 57.4 Å². The number of rotatable bonds is 2. The maximum atomic E-state index is 2.84. The van der Waals surface area contributed by atoms with Crippen molar-refractivity contribution < 1.29 is 0 Å². The summed E-state index contributed by atoms with van der Waals surface area (Å²) >= 11 is 1.98. The summed E-state index contributed by atoms with van der Waals surface area (Å²) in [6, 6.07) is 4.63. The highest BCUT2D eigenvalue weighted by Crippen LogP contribution is 2.48. The first-order valence-electron chi connectivity index (χ1n) is 7.63. The summed E-state index contributed by atoms with van der Waals surface area (Å²) in [6.45, 7) is 5.14. The maximum absolute atomic E-state index is 2.84. The van der Waals surface area contributed by atoms with Crippen LogP contribution in [0.5, 0.6) is 0 Å². The fourth-order valence-electron chi connectivity index (χ4n) is 4.14. The quantitative estimate of drug-likeness (QED) is 0.751. The van der Waals surface area contributed by atoms with Gasteiger partial charge in [-0.05, 0) is 56.1 Å². The summed E-state index contributed by atoms with van der Waals surface area (Å²) < 4.78 is 0. The van der Waals surface area contributed by atoms with E-state index in [1.807, 2.05) is 11.3 Å². The SMILES string of the molecule is C[C@@H]1CCCC[C@]1(c1cccs1)N1CCCCC1. The number of piperidine rings is 1. The molecule has 0 bridgehead atoms. The average Bonchev–Trinajstić information content (AvgIpc) is 2.95. The Hall–Kier alpha value is -0.340. The molecule has 1 nitrogen and oxygen atoms in total. The van der Waals surface area contributed by atoms with E-state index in [-0.39, 0.29) is 0 Å². The molecule has 2 aliphatic rings. The number of likely N-dealkylation sites (tertiary alicyclic amines) is 1. The van der Waals surface area contributed by atoms with Crippen LogP contribution in [0, 0.1) is 5.92 Å². The van der Waals surface area contributed by atoms with Crippen LogP contribution in [0.1, 0.15) is 56.7 Å². The highest BCUT2D eigenvalue weighted by Gasteiger charge is 2.45. The zero-order chi connectivity index (χ0) is 12.4. The topological polar surface area (TPSA) is 3.24 Å². The first-order valence-corrected chi connectivity index (χ1v) is 8.51. The Morgan fingerprint density at radius 1 is 1.17 bits per heavy atom. The molecule has 0 unspecified atom stereocenters. The van der Waals surface area contributed by atoms with Crippen molar-refractivity contribution in [3.8, 4) is 0 Å². The molecular weight excluding hydrogens is 238 g/mol. The lowest BCUT2D eigenvalue weighted by Crippen LogP contribution is -2.53. The maximum Gasteiger partial charge on any atom is 0.0579 e. The van der Waals surface area contributed by atoms with E-state index in [2.05, 4.69) is 29.3 Å². The molecule has 1 saturated carbocycles. The molecule has 1 aliphatic heterocycles. The summed E-state index contributed by atoms with van der Waals surface area (Å²) in [5.41, 5.74) is 0.382. The van der Waals surface area contributed by atoms with Gasteiger partial charge in [0.1, 0.15) is 0 Å². The average molecular weight is 263 g/mol. The van der Waals surface area contributed by atoms with Crippen molar-refractivity contribution in [1.29, 1.82) is 0 Å². The Morgan fingerprint density at radius 3 is 2.67 bits per heavy atom. The van der Waals surface area contributed by atoms with Gasteiger partial charge in [0.25, 0.3) is 0 Å². The minimum Gasteiger partial charge on any atom is -0.293 e. The van der Waals surface area contributed by atoms with Gasteiger partial charge in [-0.3, -0.25) is 4.90 Å². The molecule has 0 N–H and O–H groups in total. The van der Waals surface area contributed by atoms with E-state index >= 15 is 0 Å². The largest absolute Gasteiger partial charge is 0.293 e. The summed E-state index contributed by atoms with van der Waals surface area (Å²) in [7, 11) is 0. The van der Waals surface area contributed by atoms with Gasteiger partial charge in [-0.1, -0.05) is 32.3 Å². The van der Waals surface area contributed by atoms with Crippen LogP contribution in [-0.2, 0) is 5.54 Å². The van der Waals surface area contributed by atoms with Crippen molar-refractivity contribution in [3.63, 3.8) is 0 Å². The molecule has 100 valence electrons. The molecule has 18 heavy (non-hydrogen) atoms. The van der Waals surface area contributed by atoms with Gasteiger partial charge in [-0.25, -0.2) is 0 Å². The molecule has 0 radical (unpaired) electrons. The van der Waals surface area contributed by atoms with Gasteiger partial charge < -0.3 is 0 Å². The minimum absolute atomic E-state index is 0.382. The minimum atomic E-state index is 0.382. The van der Waals surface area contributed by atoms with E-state index in [1.165, 1.54) is 58.0 Å². The highest BCUT2D eigenvalue weighted by molar-refractivity contribution is 7.10. The summed E-state index contributed by atoms with van der Waals surface area (Å²) in [6.07, 6.45) is 9.88. The molecule has 1 aromatic heterocycles. The van der Waals surface area contributed by atoms with E-state index in [4.69, 9.17) is 0 Å². The second-order valence-corrected chi connectivity index (χ2v) is 7.04. The van der Waals surface area contributed by atoms with Gasteiger partial charge in [0.15, 0.2) is 0 Å². The van der Waals surface area contributed by atoms with E-state index in [0.717, 1.165) is 5.92 Å². The molecule has 2 heterocycles. The second kappa shape index (κ2) is 5.34. The van der Waals surface area contributed by atoms with Crippen molar-refractivity contribution in [3.05, 3.63) is 22.4 Å². The molecule has 2 atom stereocenters. The molecule has 1 saturated heterocycles. The molecular formula is C16H25NS. The monoisotopic (exact) mass is 263 g/mol. The third-order valence-corrected chi connectivity index (χ3v) is 6.17. The molecule has 1 aromatic rings. The molecule has 0 amide bonds. The number of thiophene rings is 1. The fraction of sp³-hybridized carbons (Fsp3) is 0.750. The van der Waals surface area contributed by atoms with Crippen LogP contribution in [0.4, 0.5) is 0 Å². The van der Waals surface area contributed by atoms with Crippen LogP contribution in [0.15, 0.2) is 17.5 Å². The third-order valence-electron chi connectivity index (χ3n) is 5.13. The Labute approximate surface area is 115 Å². The Kier molecular flexibility index (Phi) is 3.76. The smallest absolute Gasteiger partial charge is 0.0579 e. The highest BCUT2D eigenvalue weighted by atomic mass is 32.1. The van der Waals surface area contributed by atoms with Gasteiger partial charge in [0.05, 0.1) is 5.54 Å². The first-order chi connectivity index (χ1) is 8.84. The Bertz CT molecular complexity index is 366. The fourth-order valence-corrected chi connectivity index (χ4v) is 5.24. The van der Waals surface area contributed by atoms with E-state index in [1.54, 1.807) is 4.88 Å². The Balaban J connectivity index is 1.96. The normalized spacial score (nSPS) is 34.6. The summed E-state index contributed by atoms with van der Waals surface area (Å²) in [5.74, 6) is 0.822. The van der Waals surface area contributed by atoms with Crippen LogP contribution in [0.2, 0.25) is 0 Å². The van der Waals surface area contributed by atoms with Gasteiger partial charge >= 0.3 is 0 Å². The lowest BCUT2D eigenvalue weighted by molar-refractivity contribution is -0.00817. The van der Waals surface area contributed by atoms with Crippen molar-refractivity contribution in [1.82, 2.24) is 4.90 Å². The molecule has 3 rings (SSSR count). The summed E-state index contributed by atoms with van der Waals surface area (Å²) in [4.78, 5) is 4.48. The number of nitrogens with zero attached hydrogens (tertiary/aromatic N) is 1. The van der Waals surface area contributed by atoms with Crippen LogP contribution in [0.25, 0.3) is 0 Å². The van der Waals surface area contributed by atoms with Crippen LogP contribution >= 0.6 is 11.3 Å². The van der Waals surface area contributed by atoms with Crippen molar-refractivity contribution in [2.75, 3.05) is 13.1 Å². The number of hydrogen-bond donors (Lipinski definition) is 0. The predicted octanol–water partition coefficient (Wildman–Crippen LogP) is 4.64. The standard InChI is InChI=1S/C16H25NS/c1-14-8-3-4-10-16(14,15-9-7-13-18-15)17-11-5-2-6-12-17/h7,9,13-14H,2-6,8,10-12H2,1H3/t14-,16+/m1/s1. The van der Waals surface area contributed by atoms with Crippen molar-refractivity contribution >= 4 is 11.3 Å². The summed E-state index contributed by atoms with van der Waals surface area (Å²) in [5, 5.41) is 2.27. The van der Waals surface area contributed by atoms with Gasteiger partial charge in [-0.15, -0.1) is 11.3 Å². The number of hydrogen-bond acceptors (Lipinski definition) is 2. The van der Waals surface area contributed by atoms with Gasteiger partial charge in [0, 0.05) is 4.88 Å². The lowest BCUT2D eigenvalue weighted by Gasteiger charge is -2.51. The van der Waals surface area contributed by atoms with Gasteiger partial charge in [-0.2, -0.15) is 0 Å². The zero-order valence-electron chi connectivity index (χ0n) is 11.5. The first kappa shape index (κ1) is 12.7. The van der Waals surface area contributed by atoms with Crippen molar-refractivity contribution in [2.24, 2.45) is 5.92 Å². The second-order valence-electron chi connectivity index (χ2n) is 6.10. The molecule has 2 heteroatoms. The molecule has 0 aromatic carbocycles. The molecule has 2 fully saturated rings. The van der Waals surface area contributed by atoms with Gasteiger partial charge in [0.2, 0.25) is 0 Å². The third kappa shape index (κ3) is 2.04. The van der Waals surface area contributed by atoms with Crippen LogP contribution in [-0.4, -0.2) is 18.0 Å². The van der Waals surface area contributed by atoms with Crippen LogP contribution in [0.3, 0.4) is 0 Å². The zero-order valence-corrected chi connectivity index (χ0v) is 12.3. The van der Waals surface area contributed by atoms with Crippen LogP contribution < -0.4 is 0 Å². The van der Waals surface area contributed by atoms with E-state index in [0.29, 0.717) is 5.54 Å². The predicted molar refractivity (Wildman–Crippen MR) is 79.1 cm³/mol. The lowest BCUT2D eigenvalue weighted by atomic mass is 9.71. The molecule has 0 spiro atoms. The molecule has 1 aliphatic carbocycles. The Morgan fingerprint density at radius 2 is 2.00 bits per heavy atom. The van der Waals surface area contributed by atoms with E-state index in [9.17, 15) is 0 Å². The van der Waals surface area contributed by atoms with E-state index < -0.39 is 0 Å².